The second-order valence-corrected chi connectivity index (χ2v) is 6.24. The molecule has 2 aliphatic rings. The number of nitrogens with one attached hydrogen (secondary N) is 4. The van der Waals surface area contributed by atoms with Gasteiger partial charge in [0.1, 0.15) is 31.7 Å². The fraction of sp³-hybridized carbons (Fsp3) is 0.857. The van der Waals surface area contributed by atoms with Gasteiger partial charge in [-0.2, -0.15) is 0 Å². The van der Waals surface area contributed by atoms with Crippen LogP contribution in [-0.2, 0) is 19.1 Å². The number of hydrogen-bond donors (Lipinski definition) is 5. The van der Waals surface area contributed by atoms with E-state index in [1.807, 2.05) is 18.7 Å². The van der Waals surface area contributed by atoms with Gasteiger partial charge in [-0.05, 0) is 13.0 Å². The SMILES string of the molecule is CNC(C(=O)OCCOCN1CNC2C(=O)NC(N)NC21)C(C)C. The molecule has 0 aromatic carbocycles. The summed E-state index contributed by atoms with van der Waals surface area (Å²) in [6.07, 6.45) is -0.789. The van der Waals surface area contributed by atoms with Crippen LogP contribution in [0, 0.1) is 5.92 Å². The van der Waals surface area contributed by atoms with E-state index in [1.165, 1.54) is 0 Å². The van der Waals surface area contributed by atoms with Gasteiger partial charge in [0.25, 0.3) is 0 Å². The molecule has 10 heteroatoms. The first-order chi connectivity index (χ1) is 11.4. The van der Waals surface area contributed by atoms with Crippen LogP contribution in [0.2, 0.25) is 0 Å². The van der Waals surface area contributed by atoms with Crippen molar-refractivity contribution in [2.75, 3.05) is 33.7 Å². The van der Waals surface area contributed by atoms with E-state index in [0.717, 1.165) is 0 Å². The Balaban J connectivity index is 1.66. The quantitative estimate of drug-likeness (QED) is 0.235. The molecule has 4 unspecified atom stereocenters. The number of carbonyl (C=O) groups excluding carboxylic acids is 2. The van der Waals surface area contributed by atoms with E-state index in [1.54, 1.807) is 7.05 Å². The standard InChI is InChI=1S/C14H28N6O4/c1-8(2)9(16-3)13(22)24-5-4-23-7-20-6-17-10-11(20)18-14(15)19-12(10)21/h8-11,14,16-18H,4-7,15H2,1-3H3,(H,19,21). The number of ether oxygens (including phenoxy) is 2. The highest BCUT2D eigenvalue weighted by molar-refractivity contribution is 5.83. The second kappa shape index (κ2) is 8.70. The van der Waals surface area contributed by atoms with Crippen LogP contribution in [0.15, 0.2) is 0 Å². The number of nitrogens with two attached hydrogens (primary N) is 1. The number of fused-ring (bicyclic) bond motifs is 1. The van der Waals surface area contributed by atoms with Crippen LogP contribution in [0.5, 0.6) is 0 Å². The van der Waals surface area contributed by atoms with Gasteiger partial charge in [0.2, 0.25) is 5.91 Å². The molecule has 0 aromatic rings. The molecular formula is C14H28N6O4. The number of rotatable bonds is 8. The van der Waals surface area contributed by atoms with E-state index < -0.39 is 6.29 Å². The molecule has 6 N–H and O–H groups in total. The van der Waals surface area contributed by atoms with Crippen LogP contribution >= 0.6 is 0 Å². The van der Waals surface area contributed by atoms with E-state index in [9.17, 15) is 9.59 Å². The van der Waals surface area contributed by atoms with Gasteiger partial charge in [0.05, 0.1) is 19.4 Å². The number of esters is 1. The maximum Gasteiger partial charge on any atom is 0.323 e. The van der Waals surface area contributed by atoms with Crippen molar-refractivity contribution < 1.29 is 19.1 Å². The summed E-state index contributed by atoms with van der Waals surface area (Å²) in [6.45, 7) is 5.19. The highest BCUT2D eigenvalue weighted by atomic mass is 16.6. The molecular weight excluding hydrogens is 316 g/mol. The molecule has 0 radical (unpaired) electrons. The smallest absolute Gasteiger partial charge is 0.323 e. The predicted molar refractivity (Wildman–Crippen MR) is 86.1 cm³/mol. The third kappa shape index (κ3) is 4.62. The Bertz CT molecular complexity index is 449. The van der Waals surface area contributed by atoms with Crippen LogP contribution in [0.1, 0.15) is 13.8 Å². The molecule has 10 nitrogen and oxygen atoms in total. The highest BCUT2D eigenvalue weighted by Gasteiger charge is 2.42. The Morgan fingerprint density at radius 2 is 2.21 bits per heavy atom. The summed E-state index contributed by atoms with van der Waals surface area (Å²) in [4.78, 5) is 25.6. The molecule has 0 bridgehead atoms. The molecule has 4 atom stereocenters. The van der Waals surface area contributed by atoms with Gasteiger partial charge < -0.3 is 20.1 Å². The topological polar surface area (TPSA) is 130 Å². The molecule has 2 heterocycles. The van der Waals surface area contributed by atoms with Crippen molar-refractivity contribution in [2.24, 2.45) is 11.7 Å². The first-order valence-corrected chi connectivity index (χ1v) is 8.15. The van der Waals surface area contributed by atoms with E-state index in [-0.39, 0.29) is 49.3 Å². The summed E-state index contributed by atoms with van der Waals surface area (Å²) in [6, 6.07) is -0.673. The van der Waals surface area contributed by atoms with E-state index in [2.05, 4.69) is 21.3 Å². The van der Waals surface area contributed by atoms with Gasteiger partial charge in [0.15, 0.2) is 0 Å². The Labute approximate surface area is 141 Å². The van der Waals surface area contributed by atoms with Crippen LogP contribution in [0.3, 0.4) is 0 Å². The highest BCUT2D eigenvalue weighted by Crippen LogP contribution is 2.12. The maximum absolute atomic E-state index is 11.9. The molecule has 0 aliphatic carbocycles. The van der Waals surface area contributed by atoms with Gasteiger partial charge >= 0.3 is 5.97 Å². The molecule has 1 amide bonds. The van der Waals surface area contributed by atoms with E-state index in [4.69, 9.17) is 15.2 Å². The average Bonchev–Trinajstić information content (AvgIpc) is 2.90. The molecule has 138 valence electrons. The van der Waals surface area contributed by atoms with Crippen molar-refractivity contribution in [3.63, 3.8) is 0 Å². The minimum Gasteiger partial charge on any atom is -0.462 e. The summed E-state index contributed by atoms with van der Waals surface area (Å²) < 4.78 is 10.7. The third-order valence-corrected chi connectivity index (χ3v) is 4.11. The summed E-state index contributed by atoms with van der Waals surface area (Å²) in [5, 5.41) is 11.7. The number of likely N-dealkylation sites (N-methyl/N-ethyl adjacent to an activating group) is 1. The minimum atomic E-state index is -0.573. The third-order valence-electron chi connectivity index (χ3n) is 4.11. The molecule has 2 saturated heterocycles. The second-order valence-electron chi connectivity index (χ2n) is 6.24. The minimum absolute atomic E-state index is 0.130. The van der Waals surface area contributed by atoms with Crippen molar-refractivity contribution in [3.05, 3.63) is 0 Å². The van der Waals surface area contributed by atoms with Gasteiger partial charge in [-0.15, -0.1) is 0 Å². The fourth-order valence-electron chi connectivity index (χ4n) is 2.86. The lowest BCUT2D eigenvalue weighted by atomic mass is 10.1. The normalized spacial score (nSPS) is 28.5. The Kier molecular flexibility index (Phi) is 6.90. The average molecular weight is 344 g/mol. The van der Waals surface area contributed by atoms with Crippen molar-refractivity contribution in [1.29, 1.82) is 0 Å². The lowest BCUT2D eigenvalue weighted by molar-refractivity contribution is -0.149. The lowest BCUT2D eigenvalue weighted by Crippen LogP contribution is -2.70. The summed E-state index contributed by atoms with van der Waals surface area (Å²) in [7, 11) is 1.73. The van der Waals surface area contributed by atoms with Crippen LogP contribution in [-0.4, -0.2) is 75.0 Å². The van der Waals surface area contributed by atoms with Crippen molar-refractivity contribution in [3.8, 4) is 0 Å². The first-order valence-electron chi connectivity index (χ1n) is 8.15. The van der Waals surface area contributed by atoms with Crippen LogP contribution < -0.4 is 27.0 Å². The molecule has 0 saturated carbocycles. The molecule has 2 fully saturated rings. The van der Waals surface area contributed by atoms with Gasteiger partial charge in [-0.1, -0.05) is 13.8 Å². The molecule has 0 aromatic heterocycles. The van der Waals surface area contributed by atoms with Crippen LogP contribution in [0.4, 0.5) is 0 Å². The Morgan fingerprint density at radius 3 is 2.88 bits per heavy atom. The van der Waals surface area contributed by atoms with Gasteiger partial charge in [-0.3, -0.25) is 30.9 Å². The molecule has 2 aliphatic heterocycles. The largest absolute Gasteiger partial charge is 0.462 e. The Morgan fingerprint density at radius 1 is 1.46 bits per heavy atom. The van der Waals surface area contributed by atoms with Gasteiger partial charge in [-0.25, -0.2) is 0 Å². The number of amides is 1. The maximum atomic E-state index is 11.9. The first kappa shape index (κ1) is 19.0. The Hall–Kier alpha value is -1.30. The summed E-state index contributed by atoms with van der Waals surface area (Å²) in [5.74, 6) is -0.256. The zero-order chi connectivity index (χ0) is 17.7. The predicted octanol–water partition coefficient (Wildman–Crippen LogP) is -2.73. The summed E-state index contributed by atoms with van der Waals surface area (Å²) in [5.41, 5.74) is 5.72. The number of hydrogen-bond acceptors (Lipinski definition) is 9. The molecule has 0 spiro atoms. The van der Waals surface area contributed by atoms with Crippen molar-refractivity contribution in [1.82, 2.24) is 26.2 Å². The number of nitrogens with zero attached hydrogens (tertiary/aromatic N) is 1. The fourth-order valence-corrected chi connectivity index (χ4v) is 2.86. The summed E-state index contributed by atoms with van der Waals surface area (Å²) >= 11 is 0. The number of carbonyl (C=O) groups is 2. The zero-order valence-electron chi connectivity index (χ0n) is 14.4. The van der Waals surface area contributed by atoms with E-state index in [0.29, 0.717) is 13.4 Å². The zero-order valence-corrected chi connectivity index (χ0v) is 14.4. The lowest BCUT2D eigenvalue weighted by Gasteiger charge is -2.34. The van der Waals surface area contributed by atoms with Gasteiger partial charge in [0, 0.05) is 0 Å². The van der Waals surface area contributed by atoms with E-state index >= 15 is 0 Å². The molecule has 24 heavy (non-hydrogen) atoms. The van der Waals surface area contributed by atoms with Crippen LogP contribution in [0.25, 0.3) is 0 Å². The monoisotopic (exact) mass is 344 g/mol. The van der Waals surface area contributed by atoms with Crippen molar-refractivity contribution in [2.45, 2.75) is 38.4 Å². The van der Waals surface area contributed by atoms with Crippen molar-refractivity contribution >= 4 is 11.9 Å². The molecule has 2 rings (SSSR count).